The van der Waals surface area contributed by atoms with Crippen LogP contribution in [0.5, 0.6) is 0 Å². The van der Waals surface area contributed by atoms with Crippen molar-refractivity contribution < 1.29 is 4.79 Å². The number of halogens is 1. The summed E-state index contributed by atoms with van der Waals surface area (Å²) >= 11 is 3.37. The fourth-order valence-corrected chi connectivity index (χ4v) is 3.15. The maximum absolute atomic E-state index is 11.6. The molecule has 0 aliphatic heterocycles. The molecule has 25 heavy (non-hydrogen) atoms. The Morgan fingerprint density at radius 1 is 1.32 bits per heavy atom. The number of nitrogens with zero attached hydrogens (tertiary/aromatic N) is 1. The number of hydrogen-bond acceptors (Lipinski definition) is 3. The quantitative estimate of drug-likeness (QED) is 0.433. The van der Waals surface area contributed by atoms with E-state index in [4.69, 9.17) is 5.73 Å². The summed E-state index contributed by atoms with van der Waals surface area (Å²) in [5.41, 5.74) is 10.6. The molecule has 0 aliphatic carbocycles. The number of carbonyl (C=O) groups excluding carboxylic acids is 1. The first-order chi connectivity index (χ1) is 12.1. The molecule has 0 aliphatic rings. The summed E-state index contributed by atoms with van der Waals surface area (Å²) < 4.78 is 0. The van der Waals surface area contributed by atoms with Crippen LogP contribution in [0, 0.1) is 6.92 Å². The average molecular weight is 399 g/mol. The predicted octanol–water partition coefficient (Wildman–Crippen LogP) is 4.00. The number of pyridine rings is 1. The van der Waals surface area contributed by atoms with E-state index in [9.17, 15) is 4.79 Å². The van der Waals surface area contributed by atoms with Crippen LogP contribution in [0.3, 0.4) is 0 Å². The molecule has 0 fully saturated rings. The third kappa shape index (κ3) is 3.44. The number of anilines is 1. The van der Waals surface area contributed by atoms with E-state index in [2.05, 4.69) is 62.4 Å². The van der Waals surface area contributed by atoms with Gasteiger partial charge in [-0.05, 0) is 30.2 Å². The second kappa shape index (κ2) is 7.53. The number of nitrogens with one attached hydrogen (secondary N) is 2. The molecule has 1 aromatic carbocycles. The van der Waals surface area contributed by atoms with Crippen LogP contribution in [-0.2, 0) is 0 Å². The molecule has 2 heterocycles. The maximum atomic E-state index is 11.6. The van der Waals surface area contributed by atoms with Crippen LogP contribution in [-0.4, -0.2) is 27.7 Å². The molecular formula is C19H19BrN4O. The number of carbonyl (C=O) groups is 1. The number of nitrogens with two attached hydrogens (primary N) is 1. The highest BCUT2D eigenvalue weighted by atomic mass is 79.9. The Labute approximate surface area is 154 Å². The third-order valence-corrected chi connectivity index (χ3v) is 4.49. The van der Waals surface area contributed by atoms with Gasteiger partial charge in [-0.1, -0.05) is 40.2 Å². The molecule has 5 nitrogen and oxygen atoms in total. The molecule has 0 spiro atoms. The zero-order valence-electron chi connectivity index (χ0n) is 13.8. The van der Waals surface area contributed by atoms with E-state index in [1.54, 1.807) is 12.4 Å². The molecule has 0 unspecified atom stereocenters. The third-order valence-electron chi connectivity index (χ3n) is 4.12. The summed E-state index contributed by atoms with van der Waals surface area (Å²) in [6.45, 7) is 2.83. The molecule has 0 atom stereocenters. The highest BCUT2D eigenvalue weighted by Gasteiger charge is 2.15. The summed E-state index contributed by atoms with van der Waals surface area (Å²) in [6.07, 6.45) is 7.65. The van der Waals surface area contributed by atoms with Crippen LogP contribution in [0.25, 0.3) is 22.0 Å². The van der Waals surface area contributed by atoms with Gasteiger partial charge in [0.15, 0.2) is 5.69 Å². The first kappa shape index (κ1) is 17.2. The predicted molar refractivity (Wildman–Crippen MR) is 106 cm³/mol. The summed E-state index contributed by atoms with van der Waals surface area (Å²) in [5.74, 6) is -0.537. The first-order valence-electron chi connectivity index (χ1n) is 7.94. The monoisotopic (exact) mass is 398 g/mol. The maximum Gasteiger partial charge on any atom is 0.269 e. The van der Waals surface area contributed by atoms with Crippen LogP contribution in [0.15, 0.2) is 48.8 Å². The van der Waals surface area contributed by atoms with Gasteiger partial charge in [0.1, 0.15) is 0 Å². The van der Waals surface area contributed by atoms with Crippen molar-refractivity contribution in [3.8, 4) is 11.1 Å². The van der Waals surface area contributed by atoms with E-state index in [-0.39, 0.29) is 5.69 Å². The van der Waals surface area contributed by atoms with Gasteiger partial charge in [0.25, 0.3) is 5.91 Å². The van der Waals surface area contributed by atoms with E-state index in [0.29, 0.717) is 5.52 Å². The lowest BCUT2D eigenvalue weighted by atomic mass is 9.97. The van der Waals surface area contributed by atoms with Crippen molar-refractivity contribution in [1.82, 2.24) is 9.97 Å². The lowest BCUT2D eigenvalue weighted by Gasteiger charge is -2.13. The number of benzene rings is 1. The average Bonchev–Trinajstić information content (AvgIpc) is 3.09. The van der Waals surface area contributed by atoms with Crippen LogP contribution < -0.4 is 11.1 Å². The smallest absolute Gasteiger partial charge is 0.269 e. The normalized spacial score (nSPS) is 11.3. The van der Waals surface area contributed by atoms with E-state index in [1.807, 2.05) is 12.1 Å². The summed E-state index contributed by atoms with van der Waals surface area (Å²) in [6, 6.07) is 8.07. The van der Waals surface area contributed by atoms with E-state index < -0.39 is 5.91 Å². The molecule has 3 rings (SSSR count). The summed E-state index contributed by atoms with van der Waals surface area (Å²) in [7, 11) is 0. The van der Waals surface area contributed by atoms with Gasteiger partial charge < -0.3 is 16.0 Å². The standard InChI is InChI=1S/C19H19BrN4O/c1-12-13(5-4-6-16(12)22-9-3-2-8-20)15-11-24-18(19(21)25)17-14(15)7-10-23-17/h2-7,10-11,22-23H,8-9H2,1H3,(H2,21,25)/b3-2+. The zero-order valence-corrected chi connectivity index (χ0v) is 15.4. The largest absolute Gasteiger partial charge is 0.381 e. The molecule has 0 bridgehead atoms. The number of allylic oxidation sites excluding steroid dienone is 1. The molecule has 128 valence electrons. The zero-order chi connectivity index (χ0) is 17.8. The van der Waals surface area contributed by atoms with Gasteiger partial charge in [0.2, 0.25) is 0 Å². The number of primary amides is 1. The molecule has 0 saturated carbocycles. The van der Waals surface area contributed by atoms with Crippen molar-refractivity contribution in [2.75, 3.05) is 17.2 Å². The van der Waals surface area contributed by atoms with Gasteiger partial charge >= 0.3 is 0 Å². The fourth-order valence-electron chi connectivity index (χ4n) is 2.89. The number of H-pyrrole nitrogens is 1. The topological polar surface area (TPSA) is 83.8 Å². The van der Waals surface area contributed by atoms with Crippen molar-refractivity contribution in [2.24, 2.45) is 5.73 Å². The molecule has 1 amide bonds. The molecular weight excluding hydrogens is 380 g/mol. The number of rotatable bonds is 6. The minimum atomic E-state index is -0.537. The van der Waals surface area contributed by atoms with Gasteiger partial charge in [-0.25, -0.2) is 4.98 Å². The first-order valence-corrected chi connectivity index (χ1v) is 9.06. The van der Waals surface area contributed by atoms with Crippen molar-refractivity contribution in [3.05, 3.63) is 60.1 Å². The molecule has 4 N–H and O–H groups in total. The Kier molecular flexibility index (Phi) is 5.19. The van der Waals surface area contributed by atoms with Crippen LogP contribution >= 0.6 is 15.9 Å². The van der Waals surface area contributed by atoms with Gasteiger partial charge in [-0.15, -0.1) is 0 Å². The van der Waals surface area contributed by atoms with E-state index in [0.717, 1.165) is 39.6 Å². The summed E-state index contributed by atoms with van der Waals surface area (Å²) in [5, 5.41) is 5.20. The minimum absolute atomic E-state index is 0.260. The molecule has 2 aromatic heterocycles. The van der Waals surface area contributed by atoms with E-state index in [1.165, 1.54) is 0 Å². The van der Waals surface area contributed by atoms with Gasteiger partial charge in [-0.2, -0.15) is 0 Å². The van der Waals surface area contributed by atoms with Crippen molar-refractivity contribution in [3.63, 3.8) is 0 Å². The van der Waals surface area contributed by atoms with Gasteiger partial charge in [0, 0.05) is 40.9 Å². The Bertz CT molecular complexity index is 946. The Balaban J connectivity index is 2.04. The molecule has 3 aromatic rings. The number of alkyl halides is 1. The van der Waals surface area contributed by atoms with Crippen LogP contribution in [0.2, 0.25) is 0 Å². The number of fused-ring (bicyclic) bond motifs is 1. The number of aromatic amines is 1. The fraction of sp³-hybridized carbons (Fsp3) is 0.158. The molecule has 0 radical (unpaired) electrons. The highest BCUT2D eigenvalue weighted by molar-refractivity contribution is 9.09. The van der Waals surface area contributed by atoms with Crippen molar-refractivity contribution in [2.45, 2.75) is 6.92 Å². The number of amides is 1. The number of aromatic nitrogens is 2. The van der Waals surface area contributed by atoms with Crippen molar-refractivity contribution >= 4 is 38.4 Å². The van der Waals surface area contributed by atoms with Crippen LogP contribution in [0.4, 0.5) is 5.69 Å². The molecule has 0 saturated heterocycles. The van der Waals surface area contributed by atoms with Gasteiger partial charge in [0.05, 0.1) is 5.52 Å². The second-order valence-electron chi connectivity index (χ2n) is 5.64. The Morgan fingerprint density at radius 2 is 2.16 bits per heavy atom. The lowest BCUT2D eigenvalue weighted by Crippen LogP contribution is -2.13. The highest BCUT2D eigenvalue weighted by Crippen LogP contribution is 2.33. The Morgan fingerprint density at radius 3 is 2.92 bits per heavy atom. The lowest BCUT2D eigenvalue weighted by molar-refractivity contribution is 0.0997. The second-order valence-corrected chi connectivity index (χ2v) is 6.28. The number of hydrogen-bond donors (Lipinski definition) is 3. The summed E-state index contributed by atoms with van der Waals surface area (Å²) in [4.78, 5) is 18.9. The molecule has 6 heteroatoms. The SMILES string of the molecule is Cc1c(NC/C=C/CBr)cccc1-c1cnc(C(N)=O)c2[nH]ccc12. The van der Waals surface area contributed by atoms with E-state index >= 15 is 0 Å². The van der Waals surface area contributed by atoms with Gasteiger partial charge in [-0.3, -0.25) is 4.79 Å². The van der Waals surface area contributed by atoms with Crippen molar-refractivity contribution in [1.29, 1.82) is 0 Å². The van der Waals surface area contributed by atoms with Crippen LogP contribution in [0.1, 0.15) is 16.1 Å². The Hall–Kier alpha value is -2.60. The minimum Gasteiger partial charge on any atom is -0.381 e.